The normalized spacial score (nSPS) is 11.1. The van der Waals surface area contributed by atoms with Crippen LogP contribution in [0.2, 0.25) is 0 Å². The maximum Gasteiger partial charge on any atom is 0.344 e. The largest absolute Gasteiger partial charge is 0.479 e. The number of carboxylic acids is 1. The zero-order valence-electron chi connectivity index (χ0n) is 14.4. The predicted molar refractivity (Wildman–Crippen MR) is 98.0 cm³/mol. The van der Waals surface area contributed by atoms with Crippen LogP contribution in [0.25, 0.3) is 11.0 Å². The van der Waals surface area contributed by atoms with Crippen LogP contribution in [0.15, 0.2) is 57.3 Å². The van der Waals surface area contributed by atoms with E-state index in [2.05, 4.69) is 15.0 Å². The topological polar surface area (TPSA) is 116 Å². The molecule has 138 valence electrons. The molecule has 27 heavy (non-hydrogen) atoms. The van der Waals surface area contributed by atoms with Crippen molar-refractivity contribution in [3.05, 3.63) is 74.6 Å². The fraction of sp³-hybridized carbons (Fsp3) is 0.167. The van der Waals surface area contributed by atoms with Crippen LogP contribution in [0, 0.1) is 0 Å². The van der Waals surface area contributed by atoms with Crippen molar-refractivity contribution in [2.75, 3.05) is 6.61 Å². The van der Waals surface area contributed by atoms with Crippen molar-refractivity contribution in [3.63, 3.8) is 0 Å². The Morgan fingerprint density at radius 1 is 1.26 bits per heavy atom. The van der Waals surface area contributed by atoms with Crippen molar-refractivity contribution in [1.82, 2.24) is 14.1 Å². The summed E-state index contributed by atoms with van der Waals surface area (Å²) in [5.41, 5.74) is 0.383. The van der Waals surface area contributed by atoms with Crippen molar-refractivity contribution >= 4 is 23.2 Å². The fourth-order valence-corrected chi connectivity index (χ4v) is 2.63. The highest BCUT2D eigenvalue weighted by Gasteiger charge is 2.15. The van der Waals surface area contributed by atoms with E-state index in [1.54, 1.807) is 0 Å². The Balaban J connectivity index is 2.13. The lowest BCUT2D eigenvalue weighted by Gasteiger charge is -2.11. The second kappa shape index (κ2) is 7.65. The number of rotatable bonds is 6. The summed E-state index contributed by atoms with van der Waals surface area (Å²) in [7, 11) is 1.53. The first kappa shape index (κ1) is 18.1. The smallest absolute Gasteiger partial charge is 0.344 e. The first-order chi connectivity index (χ1) is 13.0. The number of aliphatic carboxylic acids is 1. The summed E-state index contributed by atoms with van der Waals surface area (Å²) < 4.78 is 2.41. The number of aryl methyl sites for hydroxylation is 1. The number of nitrogens with zero attached hydrogens (tertiary/aromatic N) is 4. The van der Waals surface area contributed by atoms with Gasteiger partial charge in [0, 0.05) is 18.8 Å². The van der Waals surface area contributed by atoms with E-state index in [0.717, 1.165) is 10.1 Å². The van der Waals surface area contributed by atoms with Gasteiger partial charge in [0.1, 0.15) is 5.65 Å². The van der Waals surface area contributed by atoms with E-state index in [4.69, 9.17) is 5.11 Å². The van der Waals surface area contributed by atoms with Crippen LogP contribution in [-0.2, 0) is 23.2 Å². The van der Waals surface area contributed by atoms with E-state index >= 15 is 0 Å². The zero-order valence-corrected chi connectivity index (χ0v) is 14.4. The van der Waals surface area contributed by atoms with Gasteiger partial charge in [-0.3, -0.25) is 13.9 Å². The second-order valence-corrected chi connectivity index (χ2v) is 5.72. The molecule has 0 aliphatic rings. The number of hydrogen-bond acceptors (Lipinski definition) is 6. The molecule has 1 N–H and O–H groups in total. The maximum atomic E-state index is 13.0. The third-order valence-electron chi connectivity index (χ3n) is 3.90. The number of pyridine rings is 1. The van der Waals surface area contributed by atoms with Crippen LogP contribution in [0.1, 0.15) is 11.1 Å². The molecule has 0 aliphatic carbocycles. The number of oxime groups is 1. The van der Waals surface area contributed by atoms with Crippen LogP contribution in [0.4, 0.5) is 0 Å². The van der Waals surface area contributed by atoms with Crippen LogP contribution < -0.4 is 11.2 Å². The highest BCUT2D eigenvalue weighted by molar-refractivity contribution is 5.96. The first-order valence-electron chi connectivity index (χ1n) is 7.98. The molecule has 9 nitrogen and oxygen atoms in total. The molecule has 0 fully saturated rings. The minimum atomic E-state index is -1.17. The summed E-state index contributed by atoms with van der Waals surface area (Å²) in [5.74, 6) is -1.17. The average molecular weight is 368 g/mol. The summed E-state index contributed by atoms with van der Waals surface area (Å²) in [6, 6.07) is 10.7. The third-order valence-corrected chi connectivity index (χ3v) is 3.90. The van der Waals surface area contributed by atoms with Crippen molar-refractivity contribution in [1.29, 1.82) is 0 Å². The Kier molecular flexibility index (Phi) is 5.11. The van der Waals surface area contributed by atoms with Crippen LogP contribution in [-0.4, -0.2) is 38.0 Å². The van der Waals surface area contributed by atoms with Gasteiger partial charge in [0.15, 0.2) is 0 Å². The fourth-order valence-electron chi connectivity index (χ4n) is 2.63. The van der Waals surface area contributed by atoms with Gasteiger partial charge in [-0.15, -0.1) is 0 Å². The Labute approximate surface area is 152 Å². The van der Waals surface area contributed by atoms with Crippen molar-refractivity contribution in [2.45, 2.75) is 6.54 Å². The molecule has 0 amide bonds. The monoisotopic (exact) mass is 368 g/mol. The quantitative estimate of drug-likeness (QED) is 0.503. The Morgan fingerprint density at radius 3 is 2.70 bits per heavy atom. The molecule has 0 bridgehead atoms. The number of fused-ring (bicyclic) bond motifs is 1. The molecule has 2 heterocycles. The van der Waals surface area contributed by atoms with E-state index < -0.39 is 23.8 Å². The molecule has 0 unspecified atom stereocenters. The Hall–Kier alpha value is -3.75. The molecule has 0 saturated carbocycles. The SMILES string of the molecule is Cn1c(=O)n(Cc2ccccc2)c(=O)c2c(C=NOCC(=O)O)ccnc21. The molecule has 0 radical (unpaired) electrons. The number of carboxylic acid groups (broad SMARTS) is 1. The highest BCUT2D eigenvalue weighted by atomic mass is 16.6. The summed E-state index contributed by atoms with van der Waals surface area (Å²) in [6.07, 6.45) is 2.66. The minimum Gasteiger partial charge on any atom is -0.479 e. The van der Waals surface area contributed by atoms with Gasteiger partial charge in [0.2, 0.25) is 6.61 Å². The molecule has 2 aromatic heterocycles. The molecular formula is C18H16N4O5. The molecule has 0 atom stereocenters. The van der Waals surface area contributed by atoms with Crippen LogP contribution in [0.3, 0.4) is 0 Å². The number of benzene rings is 1. The molecule has 3 rings (SSSR count). The Bertz CT molecular complexity index is 1130. The lowest BCUT2D eigenvalue weighted by atomic mass is 10.2. The number of carbonyl (C=O) groups is 1. The van der Waals surface area contributed by atoms with E-state index in [0.29, 0.717) is 5.56 Å². The van der Waals surface area contributed by atoms with Gasteiger partial charge in [-0.05, 0) is 11.6 Å². The summed E-state index contributed by atoms with van der Waals surface area (Å²) in [4.78, 5) is 44.8. The number of aromatic nitrogens is 3. The third kappa shape index (κ3) is 3.76. The van der Waals surface area contributed by atoms with E-state index in [1.807, 2.05) is 30.3 Å². The standard InChI is InChI=1S/C18H16N4O5/c1-21-16-15(13(7-8-19-16)9-20-27-11-14(23)24)17(25)22(18(21)26)10-12-5-3-2-4-6-12/h2-9H,10-11H2,1H3,(H,23,24). The van der Waals surface area contributed by atoms with Gasteiger partial charge in [-0.25, -0.2) is 14.6 Å². The molecule has 0 saturated heterocycles. The van der Waals surface area contributed by atoms with Crippen LogP contribution >= 0.6 is 0 Å². The summed E-state index contributed by atoms with van der Waals surface area (Å²) in [6.45, 7) is -0.487. The summed E-state index contributed by atoms with van der Waals surface area (Å²) in [5, 5.41) is 12.3. The lowest BCUT2D eigenvalue weighted by molar-refractivity contribution is -0.142. The lowest BCUT2D eigenvalue weighted by Crippen LogP contribution is -2.40. The number of hydrogen-bond donors (Lipinski definition) is 1. The van der Waals surface area contributed by atoms with Gasteiger partial charge < -0.3 is 9.94 Å². The molecule has 9 heteroatoms. The van der Waals surface area contributed by atoms with Gasteiger partial charge >= 0.3 is 11.7 Å². The molecule has 0 spiro atoms. The summed E-state index contributed by atoms with van der Waals surface area (Å²) >= 11 is 0. The van der Waals surface area contributed by atoms with Gasteiger partial charge in [-0.2, -0.15) is 0 Å². The molecule has 0 aliphatic heterocycles. The highest BCUT2D eigenvalue weighted by Crippen LogP contribution is 2.09. The maximum absolute atomic E-state index is 13.0. The van der Waals surface area contributed by atoms with E-state index in [1.165, 1.54) is 30.1 Å². The molecular weight excluding hydrogens is 352 g/mol. The Morgan fingerprint density at radius 2 is 2.00 bits per heavy atom. The molecule has 1 aromatic carbocycles. The average Bonchev–Trinajstić information content (AvgIpc) is 2.67. The van der Waals surface area contributed by atoms with Gasteiger partial charge in [0.25, 0.3) is 5.56 Å². The zero-order chi connectivity index (χ0) is 19.4. The van der Waals surface area contributed by atoms with Crippen LogP contribution in [0.5, 0.6) is 0 Å². The molecule has 3 aromatic rings. The van der Waals surface area contributed by atoms with Crippen molar-refractivity contribution in [3.8, 4) is 0 Å². The van der Waals surface area contributed by atoms with Gasteiger partial charge in [-0.1, -0.05) is 35.5 Å². The first-order valence-corrected chi connectivity index (χ1v) is 7.98. The van der Waals surface area contributed by atoms with E-state index in [9.17, 15) is 14.4 Å². The minimum absolute atomic E-state index is 0.114. The van der Waals surface area contributed by atoms with Crippen molar-refractivity contribution in [2.24, 2.45) is 12.2 Å². The van der Waals surface area contributed by atoms with Crippen molar-refractivity contribution < 1.29 is 14.7 Å². The van der Waals surface area contributed by atoms with E-state index in [-0.39, 0.29) is 17.6 Å². The predicted octanol–water partition coefficient (Wildman–Crippen LogP) is 0.579. The van der Waals surface area contributed by atoms with Gasteiger partial charge in [0.05, 0.1) is 18.1 Å². The second-order valence-electron chi connectivity index (χ2n) is 5.72.